The van der Waals surface area contributed by atoms with Gasteiger partial charge in [0, 0.05) is 24.8 Å². The van der Waals surface area contributed by atoms with Gasteiger partial charge >= 0.3 is 0 Å². The molecule has 0 aliphatic carbocycles. The average Bonchev–Trinajstić information content (AvgIpc) is 2.88. The van der Waals surface area contributed by atoms with E-state index in [2.05, 4.69) is 29.5 Å². The number of rotatable bonds is 4. The Hall–Kier alpha value is -2.10. The minimum Gasteiger partial charge on any atom is -0.333 e. The smallest absolute Gasteiger partial charge is 0.227 e. The quantitative estimate of drug-likeness (QED) is 0.865. The molecule has 4 nitrogen and oxygen atoms in total. The van der Waals surface area contributed by atoms with Gasteiger partial charge in [-0.05, 0) is 24.0 Å². The summed E-state index contributed by atoms with van der Waals surface area (Å²) in [6.07, 6.45) is 5.16. The van der Waals surface area contributed by atoms with E-state index in [-0.39, 0.29) is 5.91 Å². The molecule has 1 aromatic carbocycles. The fourth-order valence-corrected chi connectivity index (χ4v) is 2.87. The lowest BCUT2D eigenvalue weighted by atomic mass is 10.0. The van der Waals surface area contributed by atoms with Crippen LogP contribution in [0.5, 0.6) is 0 Å². The Balaban J connectivity index is 1.88. The molecule has 4 heteroatoms. The van der Waals surface area contributed by atoms with E-state index in [1.165, 1.54) is 5.56 Å². The summed E-state index contributed by atoms with van der Waals surface area (Å²) in [5, 5.41) is 0. The molecule has 2 heterocycles. The summed E-state index contributed by atoms with van der Waals surface area (Å²) in [5.41, 5.74) is 3.40. The van der Waals surface area contributed by atoms with Gasteiger partial charge in [-0.15, -0.1) is 0 Å². The molecule has 1 amide bonds. The van der Waals surface area contributed by atoms with Crippen molar-refractivity contribution in [3.8, 4) is 0 Å². The van der Waals surface area contributed by atoms with E-state index in [9.17, 15) is 4.79 Å². The van der Waals surface area contributed by atoms with E-state index in [4.69, 9.17) is 0 Å². The first-order valence-corrected chi connectivity index (χ1v) is 7.52. The Bertz CT molecular complexity index is 645. The summed E-state index contributed by atoms with van der Waals surface area (Å²) in [5.74, 6) is 0.758. The Morgan fingerprint density at radius 3 is 2.86 bits per heavy atom. The molecule has 21 heavy (non-hydrogen) atoms. The molecule has 1 aromatic heterocycles. The summed E-state index contributed by atoms with van der Waals surface area (Å²) in [6.45, 7) is 5.90. The molecule has 0 saturated heterocycles. The summed E-state index contributed by atoms with van der Waals surface area (Å²) in [7, 11) is 0. The van der Waals surface area contributed by atoms with E-state index >= 15 is 0 Å². The Labute approximate surface area is 125 Å². The zero-order valence-corrected chi connectivity index (χ0v) is 12.6. The van der Waals surface area contributed by atoms with Gasteiger partial charge in [-0.25, -0.2) is 4.98 Å². The van der Waals surface area contributed by atoms with Crippen molar-refractivity contribution in [2.24, 2.45) is 5.92 Å². The molecule has 0 bridgehead atoms. The molecule has 0 N–H and O–H groups in total. The molecule has 0 spiro atoms. The highest BCUT2D eigenvalue weighted by Crippen LogP contribution is 2.28. The highest BCUT2D eigenvalue weighted by Gasteiger charge is 2.24. The number of imidazole rings is 1. The van der Waals surface area contributed by atoms with Crippen LogP contribution in [0.15, 0.2) is 36.8 Å². The SMILES string of the molecule is CC(C)Cn1cncc1CN1C(=O)CCc2ccccc21. The largest absolute Gasteiger partial charge is 0.333 e. The number of aryl methyl sites for hydroxylation is 1. The lowest BCUT2D eigenvalue weighted by molar-refractivity contribution is -0.119. The average molecular weight is 283 g/mol. The zero-order chi connectivity index (χ0) is 14.8. The molecule has 3 rings (SSSR count). The predicted molar refractivity (Wildman–Crippen MR) is 83.0 cm³/mol. The number of benzene rings is 1. The van der Waals surface area contributed by atoms with Crippen molar-refractivity contribution in [3.05, 3.63) is 48.0 Å². The maximum atomic E-state index is 12.3. The lowest BCUT2D eigenvalue weighted by Gasteiger charge is -2.29. The first-order valence-electron chi connectivity index (χ1n) is 7.52. The van der Waals surface area contributed by atoms with E-state index < -0.39 is 0 Å². The number of amides is 1. The minimum atomic E-state index is 0.200. The number of carbonyl (C=O) groups excluding carboxylic acids is 1. The van der Waals surface area contributed by atoms with Crippen LogP contribution in [0.4, 0.5) is 5.69 Å². The van der Waals surface area contributed by atoms with Crippen molar-refractivity contribution >= 4 is 11.6 Å². The second-order valence-corrected chi connectivity index (χ2v) is 6.04. The first kappa shape index (κ1) is 13.9. The number of nitrogens with zero attached hydrogens (tertiary/aromatic N) is 3. The zero-order valence-electron chi connectivity index (χ0n) is 12.6. The molecule has 0 saturated carbocycles. The summed E-state index contributed by atoms with van der Waals surface area (Å²) < 4.78 is 2.15. The number of hydrogen-bond acceptors (Lipinski definition) is 2. The van der Waals surface area contributed by atoms with Gasteiger partial charge in [0.05, 0.1) is 18.6 Å². The second-order valence-electron chi connectivity index (χ2n) is 6.04. The number of anilines is 1. The van der Waals surface area contributed by atoms with Crippen LogP contribution in [0.3, 0.4) is 0 Å². The van der Waals surface area contributed by atoms with E-state index in [1.807, 2.05) is 35.6 Å². The molecule has 0 fully saturated rings. The third kappa shape index (κ3) is 2.84. The van der Waals surface area contributed by atoms with Crippen LogP contribution >= 0.6 is 0 Å². The van der Waals surface area contributed by atoms with Gasteiger partial charge < -0.3 is 9.47 Å². The minimum absolute atomic E-state index is 0.200. The van der Waals surface area contributed by atoms with Crippen molar-refractivity contribution < 1.29 is 4.79 Å². The van der Waals surface area contributed by atoms with Gasteiger partial charge in [0.25, 0.3) is 0 Å². The first-order chi connectivity index (χ1) is 10.1. The van der Waals surface area contributed by atoms with Crippen molar-refractivity contribution in [3.63, 3.8) is 0 Å². The molecule has 2 aromatic rings. The van der Waals surface area contributed by atoms with Gasteiger partial charge in [-0.2, -0.15) is 0 Å². The highest BCUT2D eigenvalue weighted by atomic mass is 16.2. The van der Waals surface area contributed by atoms with Gasteiger partial charge in [-0.1, -0.05) is 32.0 Å². The molecule has 1 aliphatic rings. The number of aromatic nitrogens is 2. The number of carbonyl (C=O) groups is 1. The van der Waals surface area contributed by atoms with E-state index in [1.54, 1.807) is 0 Å². The molecular weight excluding hydrogens is 262 g/mol. The molecular formula is C17H21N3O. The van der Waals surface area contributed by atoms with Gasteiger partial charge in [0.15, 0.2) is 0 Å². The maximum absolute atomic E-state index is 12.3. The Kier molecular flexibility index (Phi) is 3.78. The van der Waals surface area contributed by atoms with Crippen LogP contribution in [-0.4, -0.2) is 15.5 Å². The standard InChI is InChI=1S/C17H21N3O/c1-13(2)10-19-12-18-9-15(19)11-20-16-6-4-3-5-14(16)7-8-17(20)21/h3-6,9,12-13H,7-8,10-11H2,1-2H3. The molecule has 0 unspecified atom stereocenters. The molecule has 0 radical (unpaired) electrons. The maximum Gasteiger partial charge on any atom is 0.227 e. The van der Waals surface area contributed by atoms with Crippen LogP contribution in [0.2, 0.25) is 0 Å². The molecule has 110 valence electrons. The summed E-state index contributed by atoms with van der Waals surface area (Å²) >= 11 is 0. The van der Waals surface area contributed by atoms with Crippen LogP contribution in [0, 0.1) is 5.92 Å². The van der Waals surface area contributed by atoms with Gasteiger partial charge in [0.1, 0.15) is 0 Å². The monoisotopic (exact) mass is 283 g/mol. The van der Waals surface area contributed by atoms with Crippen LogP contribution in [-0.2, 0) is 24.3 Å². The van der Waals surface area contributed by atoms with Crippen LogP contribution in [0.1, 0.15) is 31.5 Å². The fourth-order valence-electron chi connectivity index (χ4n) is 2.87. The predicted octanol–water partition coefficient (Wildman–Crippen LogP) is 3.02. The number of para-hydroxylation sites is 1. The Morgan fingerprint density at radius 2 is 2.05 bits per heavy atom. The molecule has 0 atom stereocenters. The van der Waals surface area contributed by atoms with E-state index in [0.29, 0.717) is 18.9 Å². The number of fused-ring (bicyclic) bond motifs is 1. The lowest BCUT2D eigenvalue weighted by Crippen LogP contribution is -2.35. The van der Waals surface area contributed by atoms with Crippen LogP contribution < -0.4 is 4.90 Å². The normalized spacial score (nSPS) is 14.6. The molecule has 1 aliphatic heterocycles. The highest BCUT2D eigenvalue weighted by molar-refractivity contribution is 5.96. The van der Waals surface area contributed by atoms with Gasteiger partial charge in [0.2, 0.25) is 5.91 Å². The second kappa shape index (κ2) is 5.72. The van der Waals surface area contributed by atoms with Crippen molar-refractivity contribution in [1.29, 1.82) is 0 Å². The Morgan fingerprint density at radius 1 is 1.24 bits per heavy atom. The van der Waals surface area contributed by atoms with Gasteiger partial charge in [-0.3, -0.25) is 4.79 Å². The third-order valence-electron chi connectivity index (χ3n) is 3.87. The van der Waals surface area contributed by atoms with Crippen LogP contribution in [0.25, 0.3) is 0 Å². The summed E-state index contributed by atoms with van der Waals surface area (Å²) in [4.78, 5) is 18.5. The number of hydrogen-bond donors (Lipinski definition) is 0. The van der Waals surface area contributed by atoms with Crippen molar-refractivity contribution in [1.82, 2.24) is 9.55 Å². The van der Waals surface area contributed by atoms with Crippen molar-refractivity contribution in [2.75, 3.05) is 4.90 Å². The third-order valence-corrected chi connectivity index (χ3v) is 3.87. The summed E-state index contributed by atoms with van der Waals surface area (Å²) in [6, 6.07) is 8.18. The van der Waals surface area contributed by atoms with Crippen molar-refractivity contribution in [2.45, 2.75) is 39.8 Å². The topological polar surface area (TPSA) is 38.1 Å². The van der Waals surface area contributed by atoms with E-state index in [0.717, 1.165) is 24.3 Å². The fraction of sp³-hybridized carbons (Fsp3) is 0.412.